The van der Waals surface area contributed by atoms with Gasteiger partial charge in [-0.3, -0.25) is 9.59 Å². The molecule has 2 bridgehead atoms. The molecule has 0 unspecified atom stereocenters. The van der Waals surface area contributed by atoms with E-state index in [0.29, 0.717) is 24.9 Å². The number of fused-ring (bicyclic) bond motifs is 2. The fourth-order valence-electron chi connectivity index (χ4n) is 5.60. The van der Waals surface area contributed by atoms with Crippen LogP contribution in [0.25, 0.3) is 0 Å². The second kappa shape index (κ2) is 10.6. The highest BCUT2D eigenvalue weighted by molar-refractivity contribution is 7.89. The summed E-state index contributed by atoms with van der Waals surface area (Å²) in [4.78, 5) is 26.2. The summed E-state index contributed by atoms with van der Waals surface area (Å²) in [5.41, 5.74) is 0.225. The maximum Gasteiger partial charge on any atom is 0.251 e. The molecule has 7 nitrogen and oxygen atoms in total. The maximum absolute atomic E-state index is 13.1. The summed E-state index contributed by atoms with van der Waals surface area (Å²) in [6, 6.07) is 5.40. The Labute approximate surface area is 198 Å². The molecule has 0 spiro atoms. The van der Waals surface area contributed by atoms with Crippen molar-refractivity contribution in [2.24, 2.45) is 23.7 Å². The van der Waals surface area contributed by atoms with E-state index >= 15 is 0 Å². The monoisotopic (exact) mass is 477 g/mol. The number of carbonyl (C=O) groups excluding carboxylic acids is 2. The largest absolute Gasteiger partial charge is 0.352 e. The molecule has 0 aromatic heterocycles. The Hall–Kier alpha value is -1.93. The zero-order valence-corrected chi connectivity index (χ0v) is 21.3. The summed E-state index contributed by atoms with van der Waals surface area (Å²) in [6.07, 6.45) is 5.03. The lowest BCUT2D eigenvalue weighted by atomic mass is 9.84. The smallest absolute Gasteiger partial charge is 0.251 e. The van der Waals surface area contributed by atoms with Gasteiger partial charge in [-0.2, -0.15) is 4.31 Å². The second-order valence-corrected chi connectivity index (χ2v) is 11.9. The molecule has 33 heavy (non-hydrogen) atoms. The third kappa shape index (κ3) is 5.60. The summed E-state index contributed by atoms with van der Waals surface area (Å²) >= 11 is 0. The lowest BCUT2D eigenvalue weighted by molar-refractivity contribution is -0.125. The Bertz CT molecular complexity index is 958. The number of nitrogens with one attached hydrogen (secondary N) is 2. The van der Waals surface area contributed by atoms with Crippen LogP contribution in [0.15, 0.2) is 29.2 Å². The summed E-state index contributed by atoms with van der Waals surface area (Å²) in [5, 5.41) is 5.99. The van der Waals surface area contributed by atoms with Gasteiger partial charge in [-0.25, -0.2) is 8.42 Å². The first-order valence-electron chi connectivity index (χ1n) is 12.3. The third-order valence-electron chi connectivity index (χ3n) is 7.48. The molecule has 0 saturated heterocycles. The van der Waals surface area contributed by atoms with Crippen molar-refractivity contribution in [1.29, 1.82) is 0 Å². The summed E-state index contributed by atoms with van der Waals surface area (Å²) in [5.74, 6) is 1.28. The van der Waals surface area contributed by atoms with Crippen molar-refractivity contribution in [2.75, 3.05) is 13.1 Å². The fraction of sp³-hybridized carbons (Fsp3) is 0.680. The van der Waals surface area contributed by atoms with Crippen LogP contribution in [0.4, 0.5) is 0 Å². The Kier molecular flexibility index (Phi) is 8.22. The minimum absolute atomic E-state index is 0.0773. The van der Waals surface area contributed by atoms with Crippen LogP contribution in [0.5, 0.6) is 0 Å². The molecule has 2 aliphatic rings. The molecule has 2 fully saturated rings. The molecule has 2 saturated carbocycles. The lowest BCUT2D eigenvalue weighted by Crippen LogP contribution is -2.53. The van der Waals surface area contributed by atoms with E-state index in [1.165, 1.54) is 42.1 Å². The van der Waals surface area contributed by atoms with E-state index in [4.69, 9.17) is 0 Å². The van der Waals surface area contributed by atoms with E-state index in [1.54, 1.807) is 26.0 Å². The van der Waals surface area contributed by atoms with Crippen LogP contribution >= 0.6 is 0 Å². The Morgan fingerprint density at radius 3 is 2.30 bits per heavy atom. The van der Waals surface area contributed by atoms with Crippen LogP contribution < -0.4 is 10.6 Å². The van der Waals surface area contributed by atoms with E-state index < -0.39 is 22.0 Å². The predicted octanol–water partition coefficient (Wildman–Crippen LogP) is 3.41. The van der Waals surface area contributed by atoms with Crippen LogP contribution in [0, 0.1) is 23.7 Å². The van der Waals surface area contributed by atoms with Crippen molar-refractivity contribution in [1.82, 2.24) is 14.9 Å². The maximum atomic E-state index is 13.1. The first-order chi connectivity index (χ1) is 15.6. The standard InChI is InChI=1S/C25H39N3O4S/c1-6-28(7-2)33(31,32)21-10-8-9-20(15-21)24(29)27-23(16(3)4)25(30)26-17(5)22-14-18-11-12-19(22)13-18/h8-10,15-19,22-23H,6-7,11-14H2,1-5H3,(H,26,30)(H,27,29)/t17-,18-,19-,22-,23-/m0/s1. The quantitative estimate of drug-likeness (QED) is 0.540. The molecule has 2 N–H and O–H groups in total. The summed E-state index contributed by atoms with van der Waals surface area (Å²) < 4.78 is 27.0. The predicted molar refractivity (Wildman–Crippen MR) is 129 cm³/mol. The molecule has 3 rings (SSSR count). The van der Waals surface area contributed by atoms with Crippen molar-refractivity contribution in [2.45, 2.75) is 77.3 Å². The highest BCUT2D eigenvalue weighted by atomic mass is 32.2. The molecule has 8 heteroatoms. The van der Waals surface area contributed by atoms with Crippen molar-refractivity contribution >= 4 is 21.8 Å². The van der Waals surface area contributed by atoms with Gasteiger partial charge in [0.1, 0.15) is 6.04 Å². The number of hydrogen-bond donors (Lipinski definition) is 2. The summed E-state index contributed by atoms with van der Waals surface area (Å²) in [6.45, 7) is 10.1. The SMILES string of the molecule is CCN(CC)S(=O)(=O)c1cccc(C(=O)N[C@H](C(=O)N[C@@H](C)[C@@H]2C[C@H]3CC[C@H]2C3)C(C)C)c1. The average molecular weight is 478 g/mol. The van der Waals surface area contributed by atoms with Crippen LogP contribution in [0.2, 0.25) is 0 Å². The lowest BCUT2D eigenvalue weighted by Gasteiger charge is -2.31. The van der Waals surface area contributed by atoms with E-state index in [-0.39, 0.29) is 28.3 Å². The molecule has 0 heterocycles. The van der Waals surface area contributed by atoms with E-state index in [1.807, 2.05) is 13.8 Å². The molecule has 184 valence electrons. The number of amides is 2. The van der Waals surface area contributed by atoms with E-state index in [2.05, 4.69) is 17.6 Å². The number of carbonyl (C=O) groups is 2. The number of sulfonamides is 1. The van der Waals surface area contributed by atoms with Gasteiger partial charge in [0.2, 0.25) is 15.9 Å². The second-order valence-electron chi connectivity index (χ2n) is 9.95. The Balaban J connectivity index is 1.69. The van der Waals surface area contributed by atoms with Crippen molar-refractivity contribution in [3.8, 4) is 0 Å². The van der Waals surface area contributed by atoms with Gasteiger partial charge in [0.25, 0.3) is 5.91 Å². The Morgan fingerprint density at radius 1 is 1.06 bits per heavy atom. The van der Waals surface area contributed by atoms with Gasteiger partial charge in [0.05, 0.1) is 4.90 Å². The molecule has 0 aliphatic heterocycles. The van der Waals surface area contributed by atoms with Crippen LogP contribution in [-0.4, -0.2) is 49.7 Å². The van der Waals surface area contributed by atoms with Gasteiger partial charge in [-0.15, -0.1) is 0 Å². The van der Waals surface area contributed by atoms with Crippen molar-refractivity contribution in [3.05, 3.63) is 29.8 Å². The zero-order chi connectivity index (χ0) is 24.3. The van der Waals surface area contributed by atoms with Crippen molar-refractivity contribution in [3.63, 3.8) is 0 Å². The number of benzene rings is 1. The molecular formula is C25H39N3O4S. The van der Waals surface area contributed by atoms with Gasteiger partial charge in [0.15, 0.2) is 0 Å². The van der Waals surface area contributed by atoms with Crippen LogP contribution in [0.3, 0.4) is 0 Å². The van der Waals surface area contributed by atoms with Crippen molar-refractivity contribution < 1.29 is 18.0 Å². The zero-order valence-electron chi connectivity index (χ0n) is 20.5. The summed E-state index contributed by atoms with van der Waals surface area (Å²) in [7, 11) is -3.67. The normalized spacial score (nSPS) is 24.2. The number of rotatable bonds is 10. The third-order valence-corrected chi connectivity index (χ3v) is 9.53. The minimum atomic E-state index is -3.67. The van der Waals surface area contributed by atoms with Gasteiger partial charge in [-0.1, -0.05) is 40.2 Å². The first-order valence-corrected chi connectivity index (χ1v) is 13.7. The van der Waals surface area contributed by atoms with Gasteiger partial charge in [-0.05, 0) is 68.1 Å². The highest BCUT2D eigenvalue weighted by Gasteiger charge is 2.42. The topological polar surface area (TPSA) is 95.6 Å². The molecule has 2 amide bonds. The molecule has 0 radical (unpaired) electrons. The van der Waals surface area contributed by atoms with Crippen LogP contribution in [-0.2, 0) is 14.8 Å². The molecular weight excluding hydrogens is 438 g/mol. The van der Waals surface area contributed by atoms with Gasteiger partial charge in [0, 0.05) is 24.7 Å². The molecule has 5 atom stereocenters. The molecule has 2 aliphatic carbocycles. The first kappa shape index (κ1) is 25.7. The Morgan fingerprint density at radius 2 is 1.76 bits per heavy atom. The number of hydrogen-bond acceptors (Lipinski definition) is 4. The molecule has 1 aromatic carbocycles. The highest BCUT2D eigenvalue weighted by Crippen LogP contribution is 2.49. The molecule has 1 aromatic rings. The fourth-order valence-corrected chi connectivity index (χ4v) is 7.10. The average Bonchev–Trinajstić information content (AvgIpc) is 3.41. The number of nitrogens with zero attached hydrogens (tertiary/aromatic N) is 1. The van der Waals surface area contributed by atoms with Gasteiger partial charge < -0.3 is 10.6 Å². The van der Waals surface area contributed by atoms with E-state index in [0.717, 1.165) is 5.92 Å². The van der Waals surface area contributed by atoms with Gasteiger partial charge >= 0.3 is 0 Å². The minimum Gasteiger partial charge on any atom is -0.352 e. The van der Waals surface area contributed by atoms with Crippen LogP contribution in [0.1, 0.15) is 70.7 Å². The van der Waals surface area contributed by atoms with E-state index in [9.17, 15) is 18.0 Å².